The van der Waals surface area contributed by atoms with Crippen molar-refractivity contribution < 1.29 is 4.79 Å². The number of aromatic nitrogens is 1. The zero-order chi connectivity index (χ0) is 16.4. The van der Waals surface area contributed by atoms with Crippen molar-refractivity contribution in [3.8, 4) is 6.07 Å². The molecule has 0 unspecified atom stereocenters. The van der Waals surface area contributed by atoms with Crippen molar-refractivity contribution in [3.63, 3.8) is 0 Å². The number of nitriles is 1. The van der Waals surface area contributed by atoms with E-state index in [1.54, 1.807) is 6.20 Å². The summed E-state index contributed by atoms with van der Waals surface area (Å²) in [6, 6.07) is 9.94. The van der Waals surface area contributed by atoms with Crippen molar-refractivity contribution in [1.82, 2.24) is 9.88 Å². The number of halogens is 1. The first-order valence-electron chi connectivity index (χ1n) is 7.75. The van der Waals surface area contributed by atoms with Gasteiger partial charge in [0.25, 0.3) is 0 Å². The molecule has 118 valence electrons. The van der Waals surface area contributed by atoms with Crippen molar-refractivity contribution in [2.24, 2.45) is 5.92 Å². The third-order valence-electron chi connectivity index (χ3n) is 4.49. The van der Waals surface area contributed by atoms with Crippen LogP contribution in [0.3, 0.4) is 0 Å². The monoisotopic (exact) mass is 327 g/mol. The van der Waals surface area contributed by atoms with Gasteiger partial charge in [-0.25, -0.2) is 0 Å². The topological polar surface area (TPSA) is 57.0 Å². The Hall–Kier alpha value is -2.12. The molecule has 1 fully saturated rings. The average Bonchev–Trinajstić information content (AvgIpc) is 2.59. The number of piperidine rings is 1. The maximum absolute atomic E-state index is 12.0. The molecular weight excluding hydrogens is 310 g/mol. The van der Waals surface area contributed by atoms with Gasteiger partial charge >= 0.3 is 0 Å². The first kappa shape index (κ1) is 15.8. The van der Waals surface area contributed by atoms with Gasteiger partial charge in [-0.3, -0.25) is 9.78 Å². The van der Waals surface area contributed by atoms with E-state index in [2.05, 4.69) is 18.0 Å². The Morgan fingerprint density at radius 1 is 1.43 bits per heavy atom. The summed E-state index contributed by atoms with van der Waals surface area (Å²) in [5.74, 6) is 0.669. The molecule has 2 aromatic rings. The van der Waals surface area contributed by atoms with Crippen LogP contribution in [0, 0.1) is 17.2 Å². The summed E-state index contributed by atoms with van der Waals surface area (Å²) in [5, 5.41) is 10.3. The number of rotatable bonds is 2. The highest BCUT2D eigenvalue weighted by Crippen LogP contribution is 2.34. The number of nitrogens with zero attached hydrogens (tertiary/aromatic N) is 3. The molecule has 1 saturated heterocycles. The van der Waals surface area contributed by atoms with E-state index in [1.807, 2.05) is 29.2 Å². The summed E-state index contributed by atoms with van der Waals surface area (Å²) in [6.07, 6.45) is 2.72. The summed E-state index contributed by atoms with van der Waals surface area (Å²) in [7, 11) is 0. The molecule has 1 aliphatic rings. The van der Waals surface area contributed by atoms with Gasteiger partial charge in [-0.05, 0) is 30.0 Å². The number of likely N-dealkylation sites (tertiary alicyclic amines) is 1. The molecule has 0 bridgehead atoms. The van der Waals surface area contributed by atoms with Crippen molar-refractivity contribution in [2.75, 3.05) is 19.0 Å². The highest BCUT2D eigenvalue weighted by molar-refractivity contribution is 6.27. The van der Waals surface area contributed by atoms with Crippen molar-refractivity contribution >= 4 is 28.4 Å². The number of benzene rings is 1. The van der Waals surface area contributed by atoms with Gasteiger partial charge in [0.2, 0.25) is 5.91 Å². The van der Waals surface area contributed by atoms with Crippen molar-refractivity contribution in [1.29, 1.82) is 5.26 Å². The lowest BCUT2D eigenvalue weighted by Crippen LogP contribution is -2.43. The van der Waals surface area contributed by atoms with Crippen LogP contribution in [0.2, 0.25) is 0 Å². The molecule has 1 aromatic heterocycles. The summed E-state index contributed by atoms with van der Waals surface area (Å²) in [6.45, 7) is 3.59. The van der Waals surface area contributed by atoms with E-state index in [0.29, 0.717) is 18.0 Å². The second-order valence-corrected chi connectivity index (χ2v) is 6.45. The van der Waals surface area contributed by atoms with E-state index in [1.165, 1.54) is 0 Å². The van der Waals surface area contributed by atoms with Gasteiger partial charge < -0.3 is 4.90 Å². The maximum atomic E-state index is 12.0. The smallest absolute Gasteiger partial charge is 0.237 e. The van der Waals surface area contributed by atoms with Gasteiger partial charge in [-0.2, -0.15) is 5.26 Å². The normalized spacial score (nSPS) is 21.2. The molecule has 1 amide bonds. The molecule has 3 rings (SSSR count). The van der Waals surface area contributed by atoms with E-state index in [9.17, 15) is 10.1 Å². The van der Waals surface area contributed by atoms with Crippen LogP contribution in [0.25, 0.3) is 10.9 Å². The number of pyridine rings is 1. The largest absolute Gasteiger partial charge is 0.341 e. The summed E-state index contributed by atoms with van der Waals surface area (Å²) in [5.41, 5.74) is 2.48. The van der Waals surface area contributed by atoms with Crippen LogP contribution in [0.5, 0.6) is 0 Å². The van der Waals surface area contributed by atoms with Gasteiger partial charge in [-0.15, -0.1) is 11.6 Å². The van der Waals surface area contributed by atoms with Crippen LogP contribution in [-0.2, 0) is 4.79 Å². The maximum Gasteiger partial charge on any atom is 0.237 e. The summed E-state index contributed by atoms with van der Waals surface area (Å²) in [4.78, 5) is 18.2. The Morgan fingerprint density at radius 3 is 3.00 bits per heavy atom. The molecule has 0 N–H and O–H groups in total. The molecule has 2 heterocycles. The minimum Gasteiger partial charge on any atom is -0.341 e. The lowest BCUT2D eigenvalue weighted by atomic mass is 9.83. The van der Waals surface area contributed by atoms with Crippen LogP contribution >= 0.6 is 11.6 Å². The molecule has 0 aliphatic carbocycles. The molecule has 0 saturated carbocycles. The molecule has 1 aliphatic heterocycles. The summed E-state index contributed by atoms with van der Waals surface area (Å²) >= 11 is 5.72. The van der Waals surface area contributed by atoms with E-state index in [-0.39, 0.29) is 17.7 Å². The van der Waals surface area contributed by atoms with Gasteiger partial charge in [-0.1, -0.05) is 19.1 Å². The first-order valence-corrected chi connectivity index (χ1v) is 8.29. The van der Waals surface area contributed by atoms with Crippen LogP contribution in [0.15, 0.2) is 30.5 Å². The fourth-order valence-electron chi connectivity index (χ4n) is 3.51. The molecule has 4 nitrogen and oxygen atoms in total. The third kappa shape index (κ3) is 3.02. The van der Waals surface area contributed by atoms with Crippen LogP contribution in [0.1, 0.15) is 30.4 Å². The Morgan fingerprint density at radius 2 is 2.26 bits per heavy atom. The van der Waals surface area contributed by atoms with E-state index in [0.717, 1.165) is 29.4 Å². The Balaban J connectivity index is 2.03. The van der Waals surface area contributed by atoms with Gasteiger partial charge in [0, 0.05) is 30.6 Å². The fraction of sp³-hybridized carbons (Fsp3) is 0.389. The van der Waals surface area contributed by atoms with E-state index < -0.39 is 0 Å². The van der Waals surface area contributed by atoms with Gasteiger partial charge in [0.15, 0.2) is 0 Å². The standard InChI is InChI=1S/C18H18ClN3O/c1-12-7-14(11-22(10-12)17(23)8-19)15-5-4-13(9-20)18-16(15)3-2-6-21-18/h2-6,12,14H,7-8,10-11H2,1H3/t12-,14+/m1/s1. The number of alkyl halides is 1. The first-order chi connectivity index (χ1) is 11.1. The Kier molecular flexibility index (Phi) is 4.49. The fourth-order valence-corrected chi connectivity index (χ4v) is 3.67. The lowest BCUT2D eigenvalue weighted by molar-refractivity contribution is -0.130. The number of amides is 1. The molecule has 0 radical (unpaired) electrons. The predicted molar refractivity (Wildman–Crippen MR) is 90.3 cm³/mol. The molecule has 1 aromatic carbocycles. The van der Waals surface area contributed by atoms with Crippen LogP contribution in [0.4, 0.5) is 0 Å². The highest BCUT2D eigenvalue weighted by atomic mass is 35.5. The average molecular weight is 328 g/mol. The zero-order valence-electron chi connectivity index (χ0n) is 13.0. The Bertz CT molecular complexity index is 783. The lowest BCUT2D eigenvalue weighted by Gasteiger charge is -2.37. The van der Waals surface area contributed by atoms with Gasteiger partial charge in [0.05, 0.1) is 11.1 Å². The Labute approximate surface area is 140 Å². The second kappa shape index (κ2) is 6.55. The number of hydrogen-bond acceptors (Lipinski definition) is 3. The van der Waals surface area contributed by atoms with Crippen LogP contribution < -0.4 is 0 Å². The quantitative estimate of drug-likeness (QED) is 0.795. The second-order valence-electron chi connectivity index (χ2n) is 6.18. The van der Waals surface area contributed by atoms with Crippen LogP contribution in [-0.4, -0.2) is 34.8 Å². The highest BCUT2D eigenvalue weighted by Gasteiger charge is 2.29. The number of hydrogen-bond donors (Lipinski definition) is 0. The van der Waals surface area contributed by atoms with E-state index >= 15 is 0 Å². The number of carbonyl (C=O) groups excluding carboxylic acids is 1. The molecular formula is C18H18ClN3O. The molecule has 2 atom stereocenters. The third-order valence-corrected chi connectivity index (χ3v) is 4.72. The molecule has 0 spiro atoms. The number of carbonyl (C=O) groups is 1. The summed E-state index contributed by atoms with van der Waals surface area (Å²) < 4.78 is 0. The van der Waals surface area contributed by atoms with E-state index in [4.69, 9.17) is 11.6 Å². The van der Waals surface area contributed by atoms with Crippen molar-refractivity contribution in [3.05, 3.63) is 41.6 Å². The molecule has 5 heteroatoms. The predicted octanol–water partition coefficient (Wildman–Crippen LogP) is 3.30. The van der Waals surface area contributed by atoms with Crippen molar-refractivity contribution in [2.45, 2.75) is 19.3 Å². The minimum atomic E-state index is -0.0145. The van der Waals surface area contributed by atoms with Gasteiger partial charge in [0.1, 0.15) is 11.9 Å². The SMILES string of the molecule is C[C@@H]1C[C@H](c2ccc(C#N)c3ncccc23)CN(C(=O)CCl)C1. The minimum absolute atomic E-state index is 0.0145. The molecule has 23 heavy (non-hydrogen) atoms. The number of fused-ring (bicyclic) bond motifs is 1. The zero-order valence-corrected chi connectivity index (χ0v) is 13.8.